The Morgan fingerprint density at radius 3 is 2.72 bits per heavy atom. The van der Waals surface area contributed by atoms with Crippen LogP contribution in [0.25, 0.3) is 0 Å². The Morgan fingerprint density at radius 1 is 1.36 bits per heavy atom. The number of hydrogen-bond acceptors (Lipinski definition) is 5. The average Bonchev–Trinajstić information content (AvgIpc) is 3.25. The SMILES string of the molecule is COCC(=O)N(CC(=O)N(Cc1ccco1)CC1CCCO1)C(C)C. The Hall–Kier alpha value is -1.86. The minimum Gasteiger partial charge on any atom is -0.467 e. The molecule has 1 saturated heterocycles. The molecule has 1 aliphatic rings. The molecule has 0 bridgehead atoms. The van der Waals surface area contributed by atoms with E-state index in [1.165, 1.54) is 12.0 Å². The van der Waals surface area contributed by atoms with Crippen molar-refractivity contribution in [2.45, 2.75) is 45.4 Å². The predicted molar refractivity (Wildman–Crippen MR) is 91.8 cm³/mol. The van der Waals surface area contributed by atoms with E-state index in [1.54, 1.807) is 17.2 Å². The van der Waals surface area contributed by atoms with Gasteiger partial charge in [-0.05, 0) is 38.8 Å². The van der Waals surface area contributed by atoms with E-state index in [0.29, 0.717) is 18.8 Å². The quantitative estimate of drug-likeness (QED) is 0.676. The average molecular weight is 352 g/mol. The summed E-state index contributed by atoms with van der Waals surface area (Å²) in [5, 5.41) is 0. The summed E-state index contributed by atoms with van der Waals surface area (Å²) in [5.74, 6) is 0.400. The van der Waals surface area contributed by atoms with Crippen LogP contribution >= 0.6 is 0 Å². The molecule has 0 radical (unpaired) electrons. The van der Waals surface area contributed by atoms with E-state index < -0.39 is 0 Å². The standard InChI is InChI=1S/C18H28N2O5/c1-14(2)20(18(22)13-23-3)12-17(21)19(10-15-6-4-8-24-15)11-16-7-5-9-25-16/h4,6,8,14,16H,5,7,9-13H2,1-3H3. The molecule has 2 rings (SSSR count). The van der Waals surface area contributed by atoms with Crippen LogP contribution in [0.1, 0.15) is 32.4 Å². The zero-order valence-corrected chi connectivity index (χ0v) is 15.3. The number of carbonyl (C=O) groups is 2. The van der Waals surface area contributed by atoms with Crippen molar-refractivity contribution in [1.29, 1.82) is 0 Å². The van der Waals surface area contributed by atoms with Gasteiger partial charge in [-0.2, -0.15) is 0 Å². The van der Waals surface area contributed by atoms with Gasteiger partial charge in [0.15, 0.2) is 0 Å². The van der Waals surface area contributed by atoms with Crippen molar-refractivity contribution >= 4 is 11.8 Å². The molecule has 7 nitrogen and oxygen atoms in total. The molecule has 0 aromatic carbocycles. The first-order valence-electron chi connectivity index (χ1n) is 8.71. The molecule has 7 heteroatoms. The van der Waals surface area contributed by atoms with Gasteiger partial charge in [0.05, 0.1) is 18.9 Å². The van der Waals surface area contributed by atoms with E-state index in [0.717, 1.165) is 19.4 Å². The number of carbonyl (C=O) groups excluding carboxylic acids is 2. The van der Waals surface area contributed by atoms with Crippen LogP contribution in [0.3, 0.4) is 0 Å². The highest BCUT2D eigenvalue weighted by Gasteiger charge is 2.27. The Labute approximate surface area is 148 Å². The molecule has 1 aliphatic heterocycles. The van der Waals surface area contributed by atoms with Gasteiger partial charge in [0.25, 0.3) is 0 Å². The van der Waals surface area contributed by atoms with Crippen LogP contribution in [0.15, 0.2) is 22.8 Å². The second-order valence-corrected chi connectivity index (χ2v) is 6.54. The van der Waals surface area contributed by atoms with Crippen LogP contribution in [0.4, 0.5) is 0 Å². The lowest BCUT2D eigenvalue weighted by Crippen LogP contribution is -2.48. The van der Waals surface area contributed by atoms with Crippen LogP contribution in [0.5, 0.6) is 0 Å². The number of ether oxygens (including phenoxy) is 2. The minimum absolute atomic E-state index is 0.0211. The molecular formula is C18H28N2O5. The molecule has 0 saturated carbocycles. The summed E-state index contributed by atoms with van der Waals surface area (Å²) >= 11 is 0. The lowest BCUT2D eigenvalue weighted by atomic mass is 10.2. The van der Waals surface area contributed by atoms with Crippen molar-refractivity contribution in [3.05, 3.63) is 24.2 Å². The lowest BCUT2D eigenvalue weighted by Gasteiger charge is -2.30. The molecule has 1 aromatic heterocycles. The van der Waals surface area contributed by atoms with E-state index >= 15 is 0 Å². The number of nitrogens with zero attached hydrogens (tertiary/aromatic N) is 2. The molecule has 2 amide bonds. The van der Waals surface area contributed by atoms with E-state index in [4.69, 9.17) is 13.9 Å². The van der Waals surface area contributed by atoms with Crippen LogP contribution in [-0.2, 0) is 25.6 Å². The monoisotopic (exact) mass is 352 g/mol. The summed E-state index contributed by atoms with van der Waals surface area (Å²) in [6.45, 7) is 5.37. The maximum Gasteiger partial charge on any atom is 0.249 e. The molecule has 1 atom stereocenters. The summed E-state index contributed by atoms with van der Waals surface area (Å²) in [5.41, 5.74) is 0. The van der Waals surface area contributed by atoms with E-state index in [9.17, 15) is 9.59 Å². The Morgan fingerprint density at radius 2 is 2.16 bits per heavy atom. The number of rotatable bonds is 9. The highest BCUT2D eigenvalue weighted by Crippen LogP contribution is 2.16. The van der Waals surface area contributed by atoms with Gasteiger partial charge in [0, 0.05) is 26.3 Å². The molecule has 1 aromatic rings. The zero-order chi connectivity index (χ0) is 18.2. The first kappa shape index (κ1) is 19.5. The van der Waals surface area contributed by atoms with Gasteiger partial charge in [-0.1, -0.05) is 0 Å². The summed E-state index contributed by atoms with van der Waals surface area (Å²) in [7, 11) is 1.47. The van der Waals surface area contributed by atoms with Gasteiger partial charge in [-0.3, -0.25) is 9.59 Å². The minimum atomic E-state index is -0.194. The molecule has 0 spiro atoms. The topological polar surface area (TPSA) is 72.2 Å². The van der Waals surface area contributed by atoms with Crippen LogP contribution in [-0.4, -0.2) is 67.2 Å². The molecule has 1 fully saturated rings. The highest BCUT2D eigenvalue weighted by molar-refractivity contribution is 5.85. The fourth-order valence-electron chi connectivity index (χ4n) is 2.89. The Balaban J connectivity index is 2.05. The van der Waals surface area contributed by atoms with Gasteiger partial charge in [0.2, 0.25) is 11.8 Å². The third kappa shape index (κ3) is 5.86. The van der Waals surface area contributed by atoms with Gasteiger partial charge in [-0.15, -0.1) is 0 Å². The molecular weight excluding hydrogens is 324 g/mol. The van der Waals surface area contributed by atoms with Crippen LogP contribution < -0.4 is 0 Å². The van der Waals surface area contributed by atoms with Crippen molar-refractivity contribution in [3.8, 4) is 0 Å². The third-order valence-electron chi connectivity index (χ3n) is 4.24. The second kappa shape index (κ2) is 9.58. The normalized spacial score (nSPS) is 17.0. The number of furan rings is 1. The molecule has 0 N–H and O–H groups in total. The van der Waals surface area contributed by atoms with Gasteiger partial charge < -0.3 is 23.7 Å². The lowest BCUT2D eigenvalue weighted by molar-refractivity contribution is -0.145. The number of hydrogen-bond donors (Lipinski definition) is 0. The fourth-order valence-corrected chi connectivity index (χ4v) is 2.89. The molecule has 1 unspecified atom stereocenters. The van der Waals surface area contributed by atoms with Crippen molar-refractivity contribution < 1.29 is 23.5 Å². The van der Waals surface area contributed by atoms with Crippen molar-refractivity contribution in [2.75, 3.05) is 33.4 Å². The van der Waals surface area contributed by atoms with E-state index in [-0.39, 0.29) is 37.1 Å². The molecule has 0 aliphatic carbocycles. The maximum atomic E-state index is 12.9. The summed E-state index contributed by atoms with van der Waals surface area (Å²) in [6.07, 6.45) is 3.59. The molecule has 2 heterocycles. The molecule has 140 valence electrons. The Bertz CT molecular complexity index is 538. The summed E-state index contributed by atoms with van der Waals surface area (Å²) in [6, 6.07) is 3.55. The summed E-state index contributed by atoms with van der Waals surface area (Å²) < 4.78 is 16.0. The number of amides is 2. The maximum absolute atomic E-state index is 12.9. The van der Waals surface area contributed by atoms with Crippen molar-refractivity contribution in [2.24, 2.45) is 0 Å². The fraction of sp³-hybridized carbons (Fsp3) is 0.667. The number of methoxy groups -OCH3 is 1. The first-order chi connectivity index (χ1) is 12.0. The third-order valence-corrected chi connectivity index (χ3v) is 4.24. The smallest absolute Gasteiger partial charge is 0.249 e. The zero-order valence-electron chi connectivity index (χ0n) is 15.3. The predicted octanol–water partition coefficient (Wildman–Crippen LogP) is 1.67. The second-order valence-electron chi connectivity index (χ2n) is 6.54. The van der Waals surface area contributed by atoms with Crippen LogP contribution in [0.2, 0.25) is 0 Å². The summed E-state index contributed by atoms with van der Waals surface area (Å²) in [4.78, 5) is 28.3. The van der Waals surface area contributed by atoms with Crippen molar-refractivity contribution in [1.82, 2.24) is 9.80 Å². The largest absolute Gasteiger partial charge is 0.467 e. The van der Waals surface area contributed by atoms with Gasteiger partial charge in [-0.25, -0.2) is 0 Å². The Kier molecular flexibility index (Phi) is 7.46. The highest BCUT2D eigenvalue weighted by atomic mass is 16.5. The van der Waals surface area contributed by atoms with E-state index in [2.05, 4.69) is 0 Å². The first-order valence-corrected chi connectivity index (χ1v) is 8.71. The van der Waals surface area contributed by atoms with Crippen molar-refractivity contribution in [3.63, 3.8) is 0 Å². The van der Waals surface area contributed by atoms with Gasteiger partial charge >= 0.3 is 0 Å². The molecule has 25 heavy (non-hydrogen) atoms. The van der Waals surface area contributed by atoms with Gasteiger partial charge in [0.1, 0.15) is 18.9 Å². The van der Waals surface area contributed by atoms with E-state index in [1.807, 2.05) is 19.9 Å². The van der Waals surface area contributed by atoms with Crippen LogP contribution in [0, 0.1) is 0 Å².